The molecule has 0 aromatic heterocycles. The summed E-state index contributed by atoms with van der Waals surface area (Å²) in [6.45, 7) is 6.48. The van der Waals surface area contributed by atoms with Gasteiger partial charge in [-0.2, -0.15) is 0 Å². The first kappa shape index (κ1) is 60.3. The van der Waals surface area contributed by atoms with E-state index in [0.717, 1.165) is 64.2 Å². The molecule has 6 nitrogen and oxygen atoms in total. The molecule has 0 aromatic rings. The van der Waals surface area contributed by atoms with Gasteiger partial charge >= 0.3 is 5.97 Å². The summed E-state index contributed by atoms with van der Waals surface area (Å²) in [5.74, 6) is -0.471. The Morgan fingerprint density at radius 2 is 0.823 bits per heavy atom. The number of aliphatic hydroxyl groups is 2. The van der Waals surface area contributed by atoms with Crippen LogP contribution in [0.15, 0.2) is 24.3 Å². The van der Waals surface area contributed by atoms with Crippen LogP contribution in [-0.4, -0.2) is 46.9 Å². The highest BCUT2D eigenvalue weighted by molar-refractivity contribution is 5.77. The van der Waals surface area contributed by atoms with E-state index in [2.05, 4.69) is 50.4 Å². The number of carbonyl (C=O) groups is 2. The monoisotopic (exact) mass is 874 g/mol. The summed E-state index contributed by atoms with van der Waals surface area (Å²) in [5.41, 5.74) is 0. The Hall–Kier alpha value is -1.66. The predicted octanol–water partition coefficient (Wildman–Crippen LogP) is 16.7. The van der Waals surface area contributed by atoms with E-state index in [0.29, 0.717) is 19.3 Å². The van der Waals surface area contributed by atoms with E-state index in [-0.39, 0.29) is 24.9 Å². The molecule has 0 aliphatic rings. The molecule has 1 amide bonds. The van der Waals surface area contributed by atoms with Crippen molar-refractivity contribution in [2.24, 2.45) is 0 Å². The van der Waals surface area contributed by atoms with Crippen molar-refractivity contribution in [2.45, 2.75) is 315 Å². The summed E-state index contributed by atoms with van der Waals surface area (Å²) < 4.78 is 5.94. The van der Waals surface area contributed by atoms with Gasteiger partial charge in [0.1, 0.15) is 6.10 Å². The normalized spacial score (nSPS) is 13.3. The van der Waals surface area contributed by atoms with Gasteiger partial charge in [-0.05, 0) is 57.8 Å². The van der Waals surface area contributed by atoms with Gasteiger partial charge in [0.2, 0.25) is 5.91 Å². The second-order valence-corrected chi connectivity index (χ2v) is 19.0. The molecule has 3 atom stereocenters. The molecule has 0 heterocycles. The molecule has 0 spiro atoms. The van der Waals surface area contributed by atoms with Gasteiger partial charge in [-0.15, -0.1) is 0 Å². The average Bonchev–Trinajstić information content (AvgIpc) is 3.26. The van der Waals surface area contributed by atoms with Crippen molar-refractivity contribution in [3.63, 3.8) is 0 Å². The van der Waals surface area contributed by atoms with E-state index in [1.807, 2.05) is 0 Å². The van der Waals surface area contributed by atoms with Crippen LogP contribution in [0.4, 0.5) is 0 Å². The number of hydrogen-bond acceptors (Lipinski definition) is 5. The summed E-state index contributed by atoms with van der Waals surface area (Å²) in [7, 11) is 0. The van der Waals surface area contributed by atoms with Crippen molar-refractivity contribution in [3.8, 4) is 0 Å². The van der Waals surface area contributed by atoms with E-state index >= 15 is 0 Å². The minimum atomic E-state index is -0.788. The maximum atomic E-state index is 13.2. The molecule has 0 saturated carbocycles. The maximum Gasteiger partial charge on any atom is 0.306 e. The quantitative estimate of drug-likeness (QED) is 0.0321. The van der Waals surface area contributed by atoms with E-state index in [1.165, 1.54) is 186 Å². The lowest BCUT2D eigenvalue weighted by atomic mass is 10.0. The lowest BCUT2D eigenvalue weighted by Crippen LogP contribution is -2.46. The minimum absolute atomic E-state index is 0.0738. The summed E-state index contributed by atoms with van der Waals surface area (Å²) in [4.78, 5) is 26.2. The highest BCUT2D eigenvalue weighted by Crippen LogP contribution is 2.18. The number of unbranched alkanes of at least 4 members (excludes halogenated alkanes) is 34. The zero-order valence-electron chi connectivity index (χ0n) is 41.8. The van der Waals surface area contributed by atoms with Gasteiger partial charge in [0, 0.05) is 6.42 Å². The molecule has 3 N–H and O–H groups in total. The largest absolute Gasteiger partial charge is 0.462 e. The van der Waals surface area contributed by atoms with Gasteiger partial charge in [0.05, 0.1) is 25.2 Å². The van der Waals surface area contributed by atoms with Gasteiger partial charge in [-0.1, -0.05) is 251 Å². The van der Waals surface area contributed by atoms with Crippen molar-refractivity contribution >= 4 is 11.9 Å². The number of esters is 1. The third kappa shape index (κ3) is 44.9. The smallest absolute Gasteiger partial charge is 0.306 e. The number of nitrogens with one attached hydrogen (secondary N) is 1. The van der Waals surface area contributed by atoms with Crippen LogP contribution >= 0.6 is 0 Å². The molecule has 0 bridgehead atoms. The van der Waals surface area contributed by atoms with Crippen LogP contribution in [0.2, 0.25) is 0 Å². The fourth-order valence-corrected chi connectivity index (χ4v) is 8.58. The molecule has 0 aliphatic carbocycles. The van der Waals surface area contributed by atoms with Gasteiger partial charge in [-0.25, -0.2) is 0 Å². The van der Waals surface area contributed by atoms with E-state index in [9.17, 15) is 19.8 Å². The molecule has 0 saturated heterocycles. The number of ether oxygens (including phenoxy) is 1. The summed E-state index contributed by atoms with van der Waals surface area (Å²) in [5, 5.41) is 23.8. The number of rotatable bonds is 50. The van der Waals surface area contributed by atoms with Crippen molar-refractivity contribution in [3.05, 3.63) is 24.3 Å². The first-order valence-electron chi connectivity index (χ1n) is 27.6. The molecule has 366 valence electrons. The van der Waals surface area contributed by atoms with Crippen molar-refractivity contribution in [1.82, 2.24) is 5.32 Å². The lowest BCUT2D eigenvalue weighted by molar-refractivity contribution is -0.151. The standard InChI is InChI=1S/C56H107NO5/c1-4-7-10-13-16-19-22-25-27-30-32-35-38-41-44-47-52(62-56(61)49-46-43-40-37-34-29-24-21-18-15-12-9-6-3)50-55(60)57-53(51-58)54(59)48-45-42-39-36-33-31-28-26-23-20-17-14-11-8-5-2/h16,19,25,27,52-54,58-59H,4-15,17-18,20-24,26,28-51H2,1-3H3,(H,57,60)/b19-16-,27-25-. The molecule has 0 aliphatic heterocycles. The predicted molar refractivity (Wildman–Crippen MR) is 269 cm³/mol. The van der Waals surface area contributed by atoms with Crippen LogP contribution in [-0.2, 0) is 14.3 Å². The molecule has 0 fully saturated rings. The Balaban J connectivity index is 4.55. The van der Waals surface area contributed by atoms with Crippen LogP contribution in [0.5, 0.6) is 0 Å². The molecule has 0 rings (SSSR count). The van der Waals surface area contributed by atoms with Gasteiger partial charge in [-0.3, -0.25) is 9.59 Å². The zero-order valence-corrected chi connectivity index (χ0v) is 41.8. The maximum absolute atomic E-state index is 13.2. The average molecular weight is 874 g/mol. The Bertz CT molecular complexity index is 981. The Morgan fingerprint density at radius 1 is 0.468 bits per heavy atom. The van der Waals surface area contributed by atoms with Gasteiger partial charge in [0.15, 0.2) is 0 Å². The number of allylic oxidation sites excluding steroid dienone is 4. The van der Waals surface area contributed by atoms with E-state index in [4.69, 9.17) is 4.74 Å². The topological polar surface area (TPSA) is 95.9 Å². The third-order valence-electron chi connectivity index (χ3n) is 12.8. The molecule has 3 unspecified atom stereocenters. The number of amides is 1. The molecule has 0 radical (unpaired) electrons. The summed E-state index contributed by atoms with van der Waals surface area (Å²) in [6, 6.07) is -0.702. The molecule has 62 heavy (non-hydrogen) atoms. The van der Waals surface area contributed by atoms with Crippen LogP contribution in [0.1, 0.15) is 297 Å². The van der Waals surface area contributed by atoms with Gasteiger partial charge in [0.25, 0.3) is 0 Å². The van der Waals surface area contributed by atoms with Crippen LogP contribution in [0.3, 0.4) is 0 Å². The minimum Gasteiger partial charge on any atom is -0.462 e. The highest BCUT2D eigenvalue weighted by Gasteiger charge is 2.24. The Labute approximate surface area is 386 Å². The molecule has 6 heteroatoms. The number of hydrogen-bond donors (Lipinski definition) is 3. The van der Waals surface area contributed by atoms with Crippen molar-refractivity contribution in [2.75, 3.05) is 6.61 Å². The molecule has 0 aromatic carbocycles. The van der Waals surface area contributed by atoms with Crippen molar-refractivity contribution < 1.29 is 24.5 Å². The first-order valence-corrected chi connectivity index (χ1v) is 27.6. The SMILES string of the molecule is CCCCC/C=C\C/C=C\CCCCCCCC(CC(=O)NC(CO)C(O)CCCCCCCCCCCCCCCCC)OC(=O)CCCCCCCCCCCCCCC. The Kier molecular flexibility index (Phi) is 49.0. The second-order valence-electron chi connectivity index (χ2n) is 19.0. The summed E-state index contributed by atoms with van der Waals surface area (Å²) >= 11 is 0. The lowest BCUT2D eigenvalue weighted by Gasteiger charge is -2.24. The van der Waals surface area contributed by atoms with Crippen LogP contribution < -0.4 is 5.32 Å². The fourth-order valence-electron chi connectivity index (χ4n) is 8.58. The summed E-state index contributed by atoms with van der Waals surface area (Å²) in [6.07, 6.45) is 58.0. The molecular formula is C56H107NO5. The number of aliphatic hydroxyl groups excluding tert-OH is 2. The fraction of sp³-hybridized carbons (Fsp3) is 0.893. The highest BCUT2D eigenvalue weighted by atomic mass is 16.5. The Morgan fingerprint density at radius 3 is 1.26 bits per heavy atom. The van der Waals surface area contributed by atoms with E-state index < -0.39 is 18.2 Å². The number of carbonyl (C=O) groups excluding carboxylic acids is 2. The van der Waals surface area contributed by atoms with E-state index in [1.54, 1.807) is 0 Å². The van der Waals surface area contributed by atoms with Crippen molar-refractivity contribution in [1.29, 1.82) is 0 Å². The van der Waals surface area contributed by atoms with Crippen LogP contribution in [0, 0.1) is 0 Å². The van der Waals surface area contributed by atoms with Crippen LogP contribution in [0.25, 0.3) is 0 Å². The zero-order chi connectivity index (χ0) is 45.2. The first-order chi connectivity index (χ1) is 30.5. The molecular weight excluding hydrogens is 767 g/mol. The third-order valence-corrected chi connectivity index (χ3v) is 12.8. The second kappa shape index (κ2) is 50.3. The van der Waals surface area contributed by atoms with Gasteiger partial charge < -0.3 is 20.3 Å².